The van der Waals surface area contributed by atoms with E-state index in [1.807, 2.05) is 0 Å². The van der Waals surface area contributed by atoms with Gasteiger partial charge in [0.25, 0.3) is 5.91 Å². The molecule has 1 rings (SSSR count). The van der Waals surface area contributed by atoms with Crippen molar-refractivity contribution < 1.29 is 7.54 Å². The summed E-state index contributed by atoms with van der Waals surface area (Å²) in [7, 11) is 3.20. The minimum absolute atomic E-state index is 0.0723. The molecule has 0 aliphatic rings. The summed E-state index contributed by atoms with van der Waals surface area (Å²) in [5, 5.41) is 0. The van der Waals surface area contributed by atoms with E-state index in [0.29, 0.717) is 4.47 Å². The number of nitrogens with zero attached hydrogens (tertiary/aromatic N) is 1. The molecule has 0 aliphatic heterocycles. The fraction of sp³-hybridized carbons (Fsp3) is 0.222. The van der Waals surface area contributed by atoms with E-state index >= 15 is 0 Å². The predicted molar refractivity (Wildman–Crippen MR) is 52.2 cm³/mol. The maximum Gasteiger partial charge on any atom is 0.253 e. The maximum atomic E-state index is 11.6. The summed E-state index contributed by atoms with van der Waals surface area (Å²) < 4.78 is 15.8. The zero-order valence-corrected chi connectivity index (χ0v) is 8.47. The van der Waals surface area contributed by atoms with E-state index < -0.39 is 0 Å². The Balaban J connectivity index is 3.28. The van der Waals surface area contributed by atoms with Crippen molar-refractivity contribution in [2.45, 2.75) is 0 Å². The summed E-state index contributed by atoms with van der Waals surface area (Å²) in [6, 6.07) is 3.16. The van der Waals surface area contributed by atoms with Crippen LogP contribution in [0.3, 0.4) is 0 Å². The number of amides is 1. The van der Waals surface area contributed by atoms with Crippen LogP contribution in [-0.4, -0.2) is 24.9 Å². The average Bonchev–Trinajstić information content (AvgIpc) is 2.01. The van der Waals surface area contributed by atoms with E-state index in [2.05, 4.69) is 15.9 Å². The summed E-state index contributed by atoms with van der Waals surface area (Å²) >= 11 is 3.17. The SMILES string of the molecule is [2H]c1cc(Br)cc([2H])c1C(=O)N(C)C. The van der Waals surface area contributed by atoms with Crippen LogP contribution in [0.15, 0.2) is 28.7 Å². The van der Waals surface area contributed by atoms with Gasteiger partial charge in [-0.3, -0.25) is 4.79 Å². The molecule has 0 atom stereocenters. The van der Waals surface area contributed by atoms with Gasteiger partial charge in [0.05, 0.1) is 2.74 Å². The zero-order chi connectivity index (χ0) is 10.9. The summed E-state index contributed by atoms with van der Waals surface area (Å²) in [6.45, 7) is 0. The topological polar surface area (TPSA) is 20.3 Å². The van der Waals surface area contributed by atoms with Gasteiger partial charge in [-0.05, 0) is 24.2 Å². The van der Waals surface area contributed by atoms with Crippen LogP contribution in [0.2, 0.25) is 0 Å². The van der Waals surface area contributed by atoms with Crippen molar-refractivity contribution in [2.24, 2.45) is 0 Å². The summed E-state index contributed by atoms with van der Waals surface area (Å²) in [5.74, 6) is -0.312. The quantitative estimate of drug-likeness (QED) is 0.723. The normalized spacial score (nSPS) is 11.9. The van der Waals surface area contributed by atoms with E-state index in [9.17, 15) is 4.79 Å². The molecule has 2 nitrogen and oxygen atoms in total. The Morgan fingerprint density at radius 1 is 1.50 bits per heavy atom. The molecule has 0 N–H and O–H groups in total. The fourth-order valence-corrected chi connectivity index (χ4v) is 0.942. The molecule has 1 aromatic rings. The van der Waals surface area contributed by atoms with Crippen molar-refractivity contribution in [1.82, 2.24) is 4.90 Å². The molecular formula is C9H10BrNO. The molecule has 0 aromatic heterocycles. The lowest BCUT2D eigenvalue weighted by Crippen LogP contribution is -2.21. The largest absolute Gasteiger partial charge is 0.345 e. The summed E-state index contributed by atoms with van der Waals surface area (Å²) in [5.41, 5.74) is 0.137. The Kier molecular flexibility index (Phi) is 2.06. The molecule has 0 spiro atoms. The summed E-state index contributed by atoms with van der Waals surface area (Å²) in [4.78, 5) is 12.9. The minimum atomic E-state index is -0.312. The molecule has 12 heavy (non-hydrogen) atoms. The van der Waals surface area contributed by atoms with Gasteiger partial charge >= 0.3 is 0 Å². The van der Waals surface area contributed by atoms with Crippen molar-refractivity contribution in [3.63, 3.8) is 0 Å². The number of carbonyl (C=O) groups is 1. The second kappa shape index (κ2) is 3.72. The number of hydrogen-bond acceptors (Lipinski definition) is 1. The van der Waals surface area contributed by atoms with Gasteiger partial charge in [0.15, 0.2) is 0 Å². The molecule has 64 valence electrons. The third-order valence-electron chi connectivity index (χ3n) is 1.33. The first-order chi connectivity index (χ1) is 6.43. The highest BCUT2D eigenvalue weighted by Gasteiger charge is 2.05. The molecule has 0 heterocycles. The van der Waals surface area contributed by atoms with Gasteiger partial charge in [-0.2, -0.15) is 0 Å². The molecule has 1 amide bonds. The minimum Gasteiger partial charge on any atom is -0.345 e. The zero-order valence-electron chi connectivity index (χ0n) is 8.89. The average molecular weight is 230 g/mol. The maximum absolute atomic E-state index is 11.6. The molecule has 0 saturated heterocycles. The van der Waals surface area contributed by atoms with Gasteiger partial charge in [0.2, 0.25) is 0 Å². The van der Waals surface area contributed by atoms with Crippen molar-refractivity contribution in [1.29, 1.82) is 0 Å². The molecule has 0 aliphatic carbocycles. The van der Waals surface area contributed by atoms with Crippen molar-refractivity contribution in [2.75, 3.05) is 14.1 Å². The van der Waals surface area contributed by atoms with E-state index in [-0.39, 0.29) is 23.6 Å². The van der Waals surface area contributed by atoms with Crippen LogP contribution >= 0.6 is 15.9 Å². The standard InChI is InChI=1S/C9H10BrNO/c1-11(2)9(12)7-3-5-8(10)6-4-7/h3-6H,1-2H3/i3D,4D. The molecule has 0 unspecified atom stereocenters. The molecule has 3 heteroatoms. The van der Waals surface area contributed by atoms with Gasteiger partial charge < -0.3 is 4.90 Å². The highest BCUT2D eigenvalue weighted by Crippen LogP contribution is 2.11. The van der Waals surface area contributed by atoms with Crippen LogP contribution in [0.5, 0.6) is 0 Å². The number of benzene rings is 1. The Hall–Kier alpha value is -0.830. The summed E-state index contributed by atoms with van der Waals surface area (Å²) in [6.07, 6.45) is 0. The van der Waals surface area contributed by atoms with E-state index in [4.69, 9.17) is 2.74 Å². The molecule has 0 fully saturated rings. The van der Waals surface area contributed by atoms with Crippen LogP contribution in [0.4, 0.5) is 0 Å². The predicted octanol–water partition coefficient (Wildman–Crippen LogP) is 2.15. The van der Waals surface area contributed by atoms with Gasteiger partial charge in [-0.25, -0.2) is 0 Å². The number of hydrogen-bond donors (Lipinski definition) is 0. The first kappa shape index (κ1) is 6.66. The van der Waals surface area contributed by atoms with E-state index in [1.54, 1.807) is 14.1 Å². The second-order valence-corrected chi connectivity index (χ2v) is 3.45. The van der Waals surface area contributed by atoms with Crippen LogP contribution < -0.4 is 0 Å². The lowest BCUT2D eigenvalue weighted by atomic mass is 10.2. The van der Waals surface area contributed by atoms with Gasteiger partial charge in [-0.15, -0.1) is 0 Å². The second-order valence-electron chi connectivity index (χ2n) is 2.54. The molecule has 0 bridgehead atoms. The number of rotatable bonds is 1. The van der Waals surface area contributed by atoms with Crippen LogP contribution in [-0.2, 0) is 0 Å². The van der Waals surface area contributed by atoms with Crippen molar-refractivity contribution >= 4 is 21.8 Å². The number of carbonyl (C=O) groups excluding carboxylic acids is 1. The highest BCUT2D eigenvalue weighted by molar-refractivity contribution is 9.10. The third-order valence-corrected chi connectivity index (χ3v) is 1.79. The first-order valence-corrected chi connectivity index (χ1v) is 4.21. The monoisotopic (exact) mass is 229 g/mol. The van der Waals surface area contributed by atoms with Gasteiger partial charge in [-0.1, -0.05) is 15.9 Å². The van der Waals surface area contributed by atoms with Crippen LogP contribution in [0.1, 0.15) is 13.1 Å². The van der Waals surface area contributed by atoms with E-state index in [0.717, 1.165) is 0 Å². The molecule has 0 saturated carbocycles. The van der Waals surface area contributed by atoms with Gasteiger partial charge in [0, 0.05) is 24.1 Å². The van der Waals surface area contributed by atoms with Crippen molar-refractivity contribution in [3.8, 4) is 0 Å². The lowest BCUT2D eigenvalue weighted by molar-refractivity contribution is 0.0827. The van der Waals surface area contributed by atoms with Gasteiger partial charge in [0.1, 0.15) is 0 Å². The Morgan fingerprint density at radius 3 is 2.42 bits per heavy atom. The first-order valence-electron chi connectivity index (χ1n) is 4.42. The van der Waals surface area contributed by atoms with Crippen LogP contribution in [0.25, 0.3) is 0 Å². The van der Waals surface area contributed by atoms with Crippen LogP contribution in [0, 0.1) is 0 Å². The lowest BCUT2D eigenvalue weighted by Gasteiger charge is -2.09. The van der Waals surface area contributed by atoms with E-state index in [1.165, 1.54) is 17.0 Å². The van der Waals surface area contributed by atoms with Crippen molar-refractivity contribution in [3.05, 3.63) is 34.3 Å². The Bertz CT molecular complexity index is 356. The third kappa shape index (κ3) is 2.08. The smallest absolute Gasteiger partial charge is 0.253 e. The molecule has 0 radical (unpaired) electrons. The number of halogens is 1. The fourth-order valence-electron chi connectivity index (χ4n) is 0.713. The Labute approximate surface area is 83.1 Å². The Morgan fingerprint density at radius 2 is 2.00 bits per heavy atom. The molecule has 1 aromatic carbocycles. The molecular weight excluding hydrogens is 218 g/mol. The highest BCUT2D eigenvalue weighted by atomic mass is 79.9.